The molecule has 1 atom stereocenters. The molecule has 0 spiro atoms. The van der Waals surface area contributed by atoms with E-state index in [4.69, 9.17) is 21.9 Å². The van der Waals surface area contributed by atoms with Gasteiger partial charge in [-0.25, -0.2) is 4.21 Å². The lowest BCUT2D eigenvalue weighted by molar-refractivity contribution is 0.570. The first-order chi connectivity index (χ1) is 6.13. The Labute approximate surface area is 83.5 Å². The van der Waals surface area contributed by atoms with Gasteiger partial charge in [-0.05, 0) is 17.7 Å². The number of halogens is 1. The molecule has 0 radical (unpaired) electrons. The van der Waals surface area contributed by atoms with Crippen molar-refractivity contribution in [3.63, 3.8) is 0 Å². The summed E-state index contributed by atoms with van der Waals surface area (Å²) in [7, 11) is 0. The van der Waals surface area contributed by atoms with E-state index in [0.29, 0.717) is 17.3 Å². The first-order valence-corrected chi connectivity index (χ1v) is 4.98. The summed E-state index contributed by atoms with van der Waals surface area (Å²) in [4.78, 5) is 0. The Kier molecular flexibility index (Phi) is 3.68. The van der Waals surface area contributed by atoms with Crippen molar-refractivity contribution in [1.82, 2.24) is 0 Å². The molecule has 0 bridgehead atoms. The minimum Gasteiger partial charge on any atom is -0.326 e. The van der Waals surface area contributed by atoms with Crippen LogP contribution in [0.1, 0.15) is 5.56 Å². The second kappa shape index (κ2) is 4.57. The van der Waals surface area contributed by atoms with E-state index < -0.39 is 11.3 Å². The molecular weight excluding hydrogens is 212 g/mol. The van der Waals surface area contributed by atoms with Crippen LogP contribution in [0.25, 0.3) is 0 Å². The van der Waals surface area contributed by atoms with Gasteiger partial charge in [-0.3, -0.25) is 9.27 Å². The molecule has 1 unspecified atom stereocenters. The van der Waals surface area contributed by atoms with E-state index in [9.17, 15) is 4.21 Å². The van der Waals surface area contributed by atoms with Crippen molar-refractivity contribution in [2.45, 2.75) is 6.54 Å². The third kappa shape index (κ3) is 2.96. The van der Waals surface area contributed by atoms with Crippen molar-refractivity contribution in [1.29, 1.82) is 0 Å². The van der Waals surface area contributed by atoms with E-state index in [-0.39, 0.29) is 0 Å². The standard InChI is InChI=1S/C7H9ClN2O2S/c8-7-3-6(10-13(11)12)2-1-5(7)4-9/h1-3,10H,4,9H2,(H,11,12). The molecule has 0 aromatic heterocycles. The van der Waals surface area contributed by atoms with Gasteiger partial charge in [0.1, 0.15) is 0 Å². The maximum Gasteiger partial charge on any atom is 0.259 e. The number of nitrogens with one attached hydrogen (secondary N) is 1. The molecule has 4 N–H and O–H groups in total. The maximum atomic E-state index is 10.4. The van der Waals surface area contributed by atoms with Gasteiger partial charge in [0.25, 0.3) is 11.3 Å². The van der Waals surface area contributed by atoms with Crippen molar-refractivity contribution in [2.24, 2.45) is 5.73 Å². The zero-order valence-electron chi connectivity index (χ0n) is 6.66. The number of hydrogen-bond acceptors (Lipinski definition) is 2. The van der Waals surface area contributed by atoms with Crippen LogP contribution in [0.3, 0.4) is 0 Å². The Morgan fingerprint density at radius 3 is 2.77 bits per heavy atom. The minimum atomic E-state index is -2.07. The summed E-state index contributed by atoms with van der Waals surface area (Å²) in [6.45, 7) is 0.349. The van der Waals surface area contributed by atoms with Gasteiger partial charge in [0.2, 0.25) is 0 Å². The fourth-order valence-corrected chi connectivity index (χ4v) is 1.46. The highest BCUT2D eigenvalue weighted by atomic mass is 35.5. The van der Waals surface area contributed by atoms with Crippen LogP contribution in [0.2, 0.25) is 5.02 Å². The first-order valence-electron chi connectivity index (χ1n) is 3.49. The summed E-state index contributed by atoms with van der Waals surface area (Å²) < 4.78 is 21.2. The molecule has 0 heterocycles. The van der Waals surface area contributed by atoms with E-state index in [1.165, 1.54) is 0 Å². The van der Waals surface area contributed by atoms with Gasteiger partial charge in [-0.2, -0.15) is 0 Å². The van der Waals surface area contributed by atoms with Crippen LogP contribution >= 0.6 is 11.6 Å². The third-order valence-corrected chi connectivity index (χ3v) is 2.24. The van der Waals surface area contributed by atoms with Gasteiger partial charge in [0.05, 0.1) is 0 Å². The van der Waals surface area contributed by atoms with Crippen LogP contribution in [0.4, 0.5) is 5.69 Å². The second-order valence-corrected chi connectivity index (χ2v) is 3.47. The molecule has 4 nitrogen and oxygen atoms in total. The van der Waals surface area contributed by atoms with Crippen molar-refractivity contribution in [2.75, 3.05) is 4.72 Å². The quantitative estimate of drug-likeness (QED) is 0.673. The third-order valence-electron chi connectivity index (χ3n) is 1.48. The molecule has 0 saturated carbocycles. The largest absolute Gasteiger partial charge is 0.326 e. The normalized spacial score (nSPS) is 12.5. The predicted molar refractivity (Wildman–Crippen MR) is 53.7 cm³/mol. The Hall–Kier alpha value is -0.620. The van der Waals surface area contributed by atoms with Crippen LogP contribution < -0.4 is 10.5 Å². The van der Waals surface area contributed by atoms with Crippen molar-refractivity contribution >= 4 is 28.6 Å². The molecule has 0 aliphatic heterocycles. The zero-order chi connectivity index (χ0) is 9.84. The SMILES string of the molecule is NCc1ccc(NS(=O)O)cc1Cl. The van der Waals surface area contributed by atoms with E-state index in [1.807, 2.05) is 0 Å². The molecule has 1 rings (SSSR count). The lowest BCUT2D eigenvalue weighted by Crippen LogP contribution is -2.03. The fraction of sp³-hybridized carbons (Fsp3) is 0.143. The fourth-order valence-electron chi connectivity index (χ4n) is 0.877. The summed E-state index contributed by atoms with van der Waals surface area (Å²) in [6, 6.07) is 4.90. The van der Waals surface area contributed by atoms with Gasteiger partial charge < -0.3 is 5.73 Å². The molecule has 1 aromatic carbocycles. The van der Waals surface area contributed by atoms with Crippen LogP contribution in [0, 0.1) is 0 Å². The van der Waals surface area contributed by atoms with Gasteiger partial charge >= 0.3 is 0 Å². The van der Waals surface area contributed by atoms with Crippen LogP contribution in [0.15, 0.2) is 18.2 Å². The van der Waals surface area contributed by atoms with Gasteiger partial charge in [-0.15, -0.1) is 0 Å². The number of rotatable bonds is 3. The zero-order valence-corrected chi connectivity index (χ0v) is 8.23. The van der Waals surface area contributed by atoms with Crippen LogP contribution in [0.5, 0.6) is 0 Å². The predicted octanol–water partition coefficient (Wildman–Crippen LogP) is 1.35. The summed E-state index contributed by atoms with van der Waals surface area (Å²) in [5.74, 6) is 0. The number of benzene rings is 1. The van der Waals surface area contributed by atoms with Crippen molar-refractivity contribution in [3.05, 3.63) is 28.8 Å². The highest BCUT2D eigenvalue weighted by Crippen LogP contribution is 2.20. The number of hydrogen-bond donors (Lipinski definition) is 3. The number of anilines is 1. The van der Waals surface area contributed by atoms with E-state index in [0.717, 1.165) is 5.56 Å². The Morgan fingerprint density at radius 1 is 1.62 bits per heavy atom. The van der Waals surface area contributed by atoms with Crippen molar-refractivity contribution < 1.29 is 8.76 Å². The molecule has 1 aromatic rings. The molecule has 0 saturated heterocycles. The molecule has 0 aliphatic carbocycles. The maximum absolute atomic E-state index is 10.4. The molecule has 72 valence electrons. The van der Waals surface area contributed by atoms with E-state index in [2.05, 4.69) is 4.72 Å². The second-order valence-electron chi connectivity index (χ2n) is 2.36. The Morgan fingerprint density at radius 2 is 2.31 bits per heavy atom. The monoisotopic (exact) mass is 220 g/mol. The molecular formula is C7H9ClN2O2S. The minimum absolute atomic E-state index is 0.349. The van der Waals surface area contributed by atoms with Crippen LogP contribution in [-0.2, 0) is 17.8 Å². The number of nitrogens with two attached hydrogens (primary N) is 1. The average molecular weight is 221 g/mol. The lowest BCUT2D eigenvalue weighted by atomic mass is 10.2. The van der Waals surface area contributed by atoms with E-state index in [1.54, 1.807) is 18.2 Å². The smallest absolute Gasteiger partial charge is 0.259 e. The van der Waals surface area contributed by atoms with Crippen LogP contribution in [-0.4, -0.2) is 8.76 Å². The van der Waals surface area contributed by atoms with E-state index >= 15 is 0 Å². The Bertz CT molecular complexity index is 332. The first kappa shape index (κ1) is 10.5. The summed E-state index contributed by atoms with van der Waals surface area (Å²) in [5, 5.41) is 0.484. The van der Waals surface area contributed by atoms with Gasteiger partial charge in [0, 0.05) is 17.3 Å². The Balaban J connectivity index is 2.89. The molecule has 0 aliphatic rings. The summed E-state index contributed by atoms with van der Waals surface area (Å²) >= 11 is 3.74. The average Bonchev–Trinajstić information content (AvgIpc) is 2.03. The summed E-state index contributed by atoms with van der Waals surface area (Å²) in [6.07, 6.45) is 0. The molecule has 0 fully saturated rings. The summed E-state index contributed by atoms with van der Waals surface area (Å²) in [5.41, 5.74) is 6.68. The highest BCUT2D eigenvalue weighted by Gasteiger charge is 2.01. The highest BCUT2D eigenvalue weighted by molar-refractivity contribution is 7.80. The lowest BCUT2D eigenvalue weighted by Gasteiger charge is -2.04. The molecule has 6 heteroatoms. The molecule has 0 amide bonds. The van der Waals surface area contributed by atoms with Gasteiger partial charge in [-0.1, -0.05) is 17.7 Å². The van der Waals surface area contributed by atoms with Crippen molar-refractivity contribution in [3.8, 4) is 0 Å². The van der Waals surface area contributed by atoms with Gasteiger partial charge in [0.15, 0.2) is 0 Å². The molecule has 13 heavy (non-hydrogen) atoms. The topological polar surface area (TPSA) is 75.3 Å².